The van der Waals surface area contributed by atoms with E-state index >= 15 is 0 Å². The molecule has 1 fully saturated rings. The fraction of sp³-hybridized carbons (Fsp3) is 0.333. The lowest BCUT2D eigenvalue weighted by Crippen LogP contribution is -2.40. The molecule has 1 unspecified atom stereocenters. The number of ether oxygens (including phenoxy) is 2. The van der Waals surface area contributed by atoms with Gasteiger partial charge in [-0.2, -0.15) is 5.26 Å². The Kier molecular flexibility index (Phi) is 6.39. The first kappa shape index (κ1) is 18.9. The molecule has 2 aromatic carbocycles. The molecule has 3 rings (SSSR count). The molecule has 0 saturated carbocycles. The van der Waals surface area contributed by atoms with E-state index in [0.29, 0.717) is 26.3 Å². The second-order valence-corrected chi connectivity index (χ2v) is 6.39. The summed E-state index contributed by atoms with van der Waals surface area (Å²) in [6.45, 7) is 1.75. The second kappa shape index (κ2) is 9.15. The monoisotopic (exact) mass is 368 g/mol. The number of benzene rings is 2. The average Bonchev–Trinajstić information content (AvgIpc) is 3.20. The molecule has 1 heterocycles. The van der Waals surface area contributed by atoms with Gasteiger partial charge in [-0.25, -0.2) is 4.39 Å². The van der Waals surface area contributed by atoms with Crippen LogP contribution >= 0.6 is 0 Å². The SMILES string of the molecule is N#Cc1cc(F)cc(C(=O)N(CCOc2ccccc2)CC2CCCO2)c1. The fourth-order valence-electron chi connectivity index (χ4n) is 3.06. The molecule has 0 aromatic heterocycles. The first-order valence-corrected chi connectivity index (χ1v) is 8.95. The van der Waals surface area contributed by atoms with E-state index < -0.39 is 5.82 Å². The lowest BCUT2D eigenvalue weighted by atomic mass is 10.1. The second-order valence-electron chi connectivity index (χ2n) is 6.39. The Hall–Kier alpha value is -2.91. The van der Waals surface area contributed by atoms with Crippen molar-refractivity contribution >= 4 is 5.91 Å². The van der Waals surface area contributed by atoms with Crippen LogP contribution in [0.15, 0.2) is 48.5 Å². The maximum Gasteiger partial charge on any atom is 0.254 e. The van der Waals surface area contributed by atoms with Crippen molar-refractivity contribution < 1.29 is 18.7 Å². The summed E-state index contributed by atoms with van der Waals surface area (Å²) in [7, 11) is 0. The first-order valence-electron chi connectivity index (χ1n) is 8.95. The molecule has 2 aromatic rings. The molecular weight excluding hydrogens is 347 g/mol. The normalized spacial score (nSPS) is 15.9. The summed E-state index contributed by atoms with van der Waals surface area (Å²) in [6.07, 6.45) is 1.82. The molecule has 0 bridgehead atoms. The zero-order chi connectivity index (χ0) is 19.1. The van der Waals surface area contributed by atoms with Crippen molar-refractivity contribution in [2.24, 2.45) is 0 Å². The van der Waals surface area contributed by atoms with Gasteiger partial charge in [0, 0.05) is 18.7 Å². The number of halogens is 1. The lowest BCUT2D eigenvalue weighted by Gasteiger charge is -2.25. The Bertz CT molecular complexity index is 814. The van der Waals surface area contributed by atoms with Crippen molar-refractivity contribution in [1.82, 2.24) is 4.90 Å². The van der Waals surface area contributed by atoms with Crippen molar-refractivity contribution in [3.8, 4) is 11.8 Å². The van der Waals surface area contributed by atoms with E-state index in [1.54, 1.807) is 4.90 Å². The van der Waals surface area contributed by atoms with Gasteiger partial charge in [-0.3, -0.25) is 4.79 Å². The molecule has 6 heteroatoms. The number of amides is 1. The van der Waals surface area contributed by atoms with Crippen LogP contribution in [0.2, 0.25) is 0 Å². The van der Waals surface area contributed by atoms with Gasteiger partial charge in [0.15, 0.2) is 0 Å². The fourth-order valence-corrected chi connectivity index (χ4v) is 3.06. The van der Waals surface area contributed by atoms with E-state index in [0.717, 1.165) is 30.7 Å². The largest absolute Gasteiger partial charge is 0.492 e. The van der Waals surface area contributed by atoms with Crippen LogP contribution in [-0.4, -0.2) is 43.2 Å². The number of para-hydroxylation sites is 1. The molecule has 1 amide bonds. The molecule has 0 radical (unpaired) electrons. The molecule has 140 valence electrons. The summed E-state index contributed by atoms with van der Waals surface area (Å²) in [5.74, 6) is -0.215. The number of hydrogen-bond donors (Lipinski definition) is 0. The van der Waals surface area contributed by atoms with Crippen LogP contribution in [-0.2, 0) is 4.74 Å². The highest BCUT2D eigenvalue weighted by Crippen LogP contribution is 2.17. The molecule has 1 aliphatic rings. The van der Waals surface area contributed by atoms with Crippen LogP contribution in [0, 0.1) is 17.1 Å². The van der Waals surface area contributed by atoms with Crippen LogP contribution in [0.4, 0.5) is 4.39 Å². The van der Waals surface area contributed by atoms with E-state index in [1.807, 2.05) is 36.4 Å². The molecule has 5 nitrogen and oxygen atoms in total. The van der Waals surface area contributed by atoms with Gasteiger partial charge < -0.3 is 14.4 Å². The predicted octanol–water partition coefficient (Wildman–Crippen LogP) is 3.40. The van der Waals surface area contributed by atoms with E-state index in [1.165, 1.54) is 6.07 Å². The molecular formula is C21H21FN2O3. The van der Waals surface area contributed by atoms with E-state index in [-0.39, 0.29) is 23.1 Å². The number of rotatable bonds is 7. The smallest absolute Gasteiger partial charge is 0.254 e. The molecule has 0 aliphatic carbocycles. The Morgan fingerprint density at radius 1 is 1.30 bits per heavy atom. The van der Waals surface area contributed by atoms with Gasteiger partial charge in [0.05, 0.1) is 24.3 Å². The summed E-state index contributed by atoms with van der Waals surface area (Å²) in [5.41, 5.74) is 0.278. The number of hydrogen-bond acceptors (Lipinski definition) is 4. The predicted molar refractivity (Wildman–Crippen MR) is 97.9 cm³/mol. The average molecular weight is 368 g/mol. The highest BCUT2D eigenvalue weighted by atomic mass is 19.1. The number of nitrogens with zero attached hydrogens (tertiary/aromatic N) is 2. The van der Waals surface area contributed by atoms with Crippen LogP contribution < -0.4 is 4.74 Å². The lowest BCUT2D eigenvalue weighted by molar-refractivity contribution is 0.0493. The molecule has 1 atom stereocenters. The highest BCUT2D eigenvalue weighted by Gasteiger charge is 2.24. The summed E-state index contributed by atoms with van der Waals surface area (Å²) in [5, 5.41) is 9.02. The van der Waals surface area contributed by atoms with Gasteiger partial charge in [0.25, 0.3) is 5.91 Å². The van der Waals surface area contributed by atoms with E-state index in [2.05, 4.69) is 0 Å². The number of carbonyl (C=O) groups excluding carboxylic acids is 1. The molecule has 1 saturated heterocycles. The minimum atomic E-state index is -0.602. The summed E-state index contributed by atoms with van der Waals surface area (Å²) in [6, 6.07) is 14.9. The van der Waals surface area contributed by atoms with Crippen molar-refractivity contribution in [3.05, 3.63) is 65.5 Å². The Balaban J connectivity index is 1.71. The Morgan fingerprint density at radius 2 is 2.11 bits per heavy atom. The third-order valence-electron chi connectivity index (χ3n) is 4.38. The number of carbonyl (C=O) groups is 1. The summed E-state index contributed by atoms with van der Waals surface area (Å²) in [4.78, 5) is 14.5. The summed E-state index contributed by atoms with van der Waals surface area (Å²) >= 11 is 0. The van der Waals surface area contributed by atoms with Crippen molar-refractivity contribution in [2.75, 3.05) is 26.3 Å². The van der Waals surface area contributed by atoms with Gasteiger partial charge in [-0.1, -0.05) is 18.2 Å². The third kappa shape index (κ3) is 5.28. The zero-order valence-electron chi connectivity index (χ0n) is 14.9. The van der Waals surface area contributed by atoms with Gasteiger partial charge >= 0.3 is 0 Å². The van der Waals surface area contributed by atoms with Crippen LogP contribution in [0.1, 0.15) is 28.8 Å². The Labute approximate surface area is 157 Å². The topological polar surface area (TPSA) is 62.6 Å². The highest BCUT2D eigenvalue weighted by molar-refractivity contribution is 5.94. The van der Waals surface area contributed by atoms with Gasteiger partial charge in [-0.15, -0.1) is 0 Å². The maximum atomic E-state index is 13.7. The van der Waals surface area contributed by atoms with Crippen LogP contribution in [0.3, 0.4) is 0 Å². The Morgan fingerprint density at radius 3 is 2.81 bits per heavy atom. The quantitative estimate of drug-likeness (QED) is 0.751. The maximum absolute atomic E-state index is 13.7. The molecule has 0 N–H and O–H groups in total. The van der Waals surface area contributed by atoms with Crippen LogP contribution in [0.5, 0.6) is 5.75 Å². The van der Waals surface area contributed by atoms with Crippen molar-refractivity contribution in [1.29, 1.82) is 5.26 Å². The van der Waals surface area contributed by atoms with E-state index in [4.69, 9.17) is 14.7 Å². The third-order valence-corrected chi connectivity index (χ3v) is 4.38. The molecule has 0 spiro atoms. The van der Waals surface area contributed by atoms with Gasteiger partial charge in [-0.05, 0) is 43.2 Å². The van der Waals surface area contributed by atoms with Gasteiger partial charge in [0.2, 0.25) is 0 Å². The molecule has 27 heavy (non-hydrogen) atoms. The molecule has 1 aliphatic heterocycles. The summed E-state index contributed by atoms with van der Waals surface area (Å²) < 4.78 is 25.1. The zero-order valence-corrected chi connectivity index (χ0v) is 14.9. The van der Waals surface area contributed by atoms with Crippen LogP contribution in [0.25, 0.3) is 0 Å². The minimum Gasteiger partial charge on any atom is -0.492 e. The first-order chi connectivity index (χ1) is 13.2. The standard InChI is InChI=1S/C21H21FN2O3/c22-18-12-16(14-23)11-17(13-18)21(25)24(15-20-7-4-9-26-20)8-10-27-19-5-2-1-3-6-19/h1-3,5-6,11-13,20H,4,7-10,15H2. The van der Waals surface area contributed by atoms with Crippen molar-refractivity contribution in [2.45, 2.75) is 18.9 Å². The minimum absolute atomic E-state index is 0.0327. The van der Waals surface area contributed by atoms with Crippen molar-refractivity contribution in [3.63, 3.8) is 0 Å². The van der Waals surface area contributed by atoms with Gasteiger partial charge in [0.1, 0.15) is 18.2 Å². The van der Waals surface area contributed by atoms with E-state index in [9.17, 15) is 9.18 Å². The number of nitriles is 1.